The molecule has 1 amide bonds. The Morgan fingerprint density at radius 3 is 2.77 bits per heavy atom. The Kier molecular flexibility index (Phi) is 6.42. The van der Waals surface area contributed by atoms with Gasteiger partial charge in [0, 0.05) is 12.4 Å². The maximum Gasteiger partial charge on any atom is 0.233 e. The molecule has 0 fully saturated rings. The van der Waals surface area contributed by atoms with Gasteiger partial charge in [0.25, 0.3) is 0 Å². The van der Waals surface area contributed by atoms with Gasteiger partial charge in [-0.1, -0.05) is 18.7 Å². The molecule has 0 aliphatic carbocycles. The summed E-state index contributed by atoms with van der Waals surface area (Å²) in [6.07, 6.45) is 5.53. The van der Waals surface area contributed by atoms with E-state index in [0.717, 1.165) is 0 Å². The second-order valence-corrected chi connectivity index (χ2v) is 5.61. The summed E-state index contributed by atoms with van der Waals surface area (Å²) < 4.78 is 5.31. The summed E-state index contributed by atoms with van der Waals surface area (Å²) >= 11 is 1.28. The maximum absolute atomic E-state index is 12.5. The van der Waals surface area contributed by atoms with Crippen LogP contribution in [0.4, 0.5) is 0 Å². The van der Waals surface area contributed by atoms with E-state index >= 15 is 0 Å². The molecule has 0 aliphatic heterocycles. The molecule has 1 N–H and O–H groups in total. The third-order valence-electron chi connectivity index (χ3n) is 3.22. The summed E-state index contributed by atoms with van der Waals surface area (Å²) in [7, 11) is 0. The smallest absolute Gasteiger partial charge is 0.233 e. The van der Waals surface area contributed by atoms with Gasteiger partial charge in [0.1, 0.15) is 5.76 Å². The van der Waals surface area contributed by atoms with Crippen LogP contribution in [-0.2, 0) is 11.3 Å². The minimum atomic E-state index is -0.227. The van der Waals surface area contributed by atoms with Crippen LogP contribution in [0.5, 0.6) is 0 Å². The number of aliphatic hydroxyl groups is 1. The van der Waals surface area contributed by atoms with Crippen molar-refractivity contribution in [3.63, 3.8) is 0 Å². The number of furan rings is 1. The van der Waals surface area contributed by atoms with Crippen LogP contribution >= 0.6 is 11.8 Å². The highest BCUT2D eigenvalue weighted by molar-refractivity contribution is 7.99. The van der Waals surface area contributed by atoms with Gasteiger partial charge in [-0.15, -0.1) is 0 Å². The molecule has 2 aromatic heterocycles. The van der Waals surface area contributed by atoms with Gasteiger partial charge in [-0.05, 0) is 24.6 Å². The van der Waals surface area contributed by atoms with E-state index in [2.05, 4.69) is 9.97 Å². The summed E-state index contributed by atoms with van der Waals surface area (Å²) in [6, 6.07) is 5.10. The fourth-order valence-corrected chi connectivity index (χ4v) is 2.70. The Labute approximate surface area is 133 Å². The number of aliphatic hydroxyl groups excluding tert-OH is 1. The van der Waals surface area contributed by atoms with Gasteiger partial charge in [0.05, 0.1) is 31.2 Å². The van der Waals surface area contributed by atoms with Crippen molar-refractivity contribution in [3.8, 4) is 0 Å². The molecule has 0 saturated heterocycles. The molecule has 0 saturated carbocycles. The van der Waals surface area contributed by atoms with Crippen molar-refractivity contribution in [2.24, 2.45) is 0 Å². The van der Waals surface area contributed by atoms with Gasteiger partial charge in [0.15, 0.2) is 5.16 Å². The van der Waals surface area contributed by atoms with Crippen LogP contribution in [0.25, 0.3) is 0 Å². The van der Waals surface area contributed by atoms with E-state index in [1.807, 2.05) is 13.0 Å². The first-order valence-electron chi connectivity index (χ1n) is 7.07. The lowest BCUT2D eigenvalue weighted by atomic mass is 10.2. The second kappa shape index (κ2) is 8.55. The molecule has 1 unspecified atom stereocenters. The predicted octanol–water partition coefficient (Wildman–Crippen LogP) is 1.96. The lowest BCUT2D eigenvalue weighted by molar-refractivity contribution is -0.132. The number of rotatable bonds is 8. The van der Waals surface area contributed by atoms with E-state index in [-0.39, 0.29) is 24.3 Å². The molecule has 0 bridgehead atoms. The Bertz CT molecular complexity index is 559. The first kappa shape index (κ1) is 16.5. The van der Waals surface area contributed by atoms with Crippen molar-refractivity contribution in [1.29, 1.82) is 0 Å². The molecule has 1 atom stereocenters. The summed E-state index contributed by atoms with van der Waals surface area (Å²) in [6.45, 7) is 2.22. The third kappa shape index (κ3) is 4.57. The molecule has 0 spiro atoms. The first-order valence-corrected chi connectivity index (χ1v) is 8.05. The molecule has 2 rings (SSSR count). The van der Waals surface area contributed by atoms with Gasteiger partial charge < -0.3 is 14.4 Å². The van der Waals surface area contributed by atoms with Crippen LogP contribution in [0.15, 0.2) is 46.4 Å². The quantitative estimate of drug-likeness (QED) is 0.591. The van der Waals surface area contributed by atoms with Gasteiger partial charge in [0.2, 0.25) is 5.91 Å². The number of hydrogen-bond acceptors (Lipinski definition) is 6. The molecule has 7 heteroatoms. The van der Waals surface area contributed by atoms with E-state index in [1.54, 1.807) is 35.7 Å². The van der Waals surface area contributed by atoms with Crippen molar-refractivity contribution in [2.75, 3.05) is 12.4 Å². The number of thioether (sulfide) groups is 1. The van der Waals surface area contributed by atoms with Crippen LogP contribution in [0.3, 0.4) is 0 Å². The fraction of sp³-hybridized carbons (Fsp3) is 0.400. The Hall–Kier alpha value is -1.86. The topological polar surface area (TPSA) is 79.5 Å². The number of amides is 1. The monoisotopic (exact) mass is 321 g/mol. The van der Waals surface area contributed by atoms with Crippen LogP contribution < -0.4 is 0 Å². The Morgan fingerprint density at radius 2 is 2.18 bits per heavy atom. The minimum Gasteiger partial charge on any atom is -0.467 e. The zero-order valence-electron chi connectivity index (χ0n) is 12.4. The van der Waals surface area contributed by atoms with E-state index in [9.17, 15) is 9.90 Å². The normalized spacial score (nSPS) is 12.1. The van der Waals surface area contributed by atoms with Gasteiger partial charge >= 0.3 is 0 Å². The van der Waals surface area contributed by atoms with Gasteiger partial charge in [-0.2, -0.15) is 0 Å². The standard InChI is InChI=1S/C15H19N3O3S/c1-2-12(10-19)18(9-13-5-3-8-21-13)14(20)11-22-15-16-6-4-7-17-15/h3-8,12,19H,2,9-11H2,1H3. The lowest BCUT2D eigenvalue weighted by Gasteiger charge is -2.29. The van der Waals surface area contributed by atoms with Gasteiger partial charge in [-0.3, -0.25) is 4.79 Å². The summed E-state index contributed by atoms with van der Waals surface area (Å²) in [5, 5.41) is 10.1. The lowest BCUT2D eigenvalue weighted by Crippen LogP contribution is -2.42. The van der Waals surface area contributed by atoms with Crippen LogP contribution in [0, 0.1) is 0 Å². The van der Waals surface area contributed by atoms with Gasteiger partial charge in [-0.25, -0.2) is 9.97 Å². The highest BCUT2D eigenvalue weighted by Gasteiger charge is 2.23. The number of carbonyl (C=O) groups excluding carboxylic acids is 1. The van der Waals surface area contributed by atoms with Crippen molar-refractivity contribution in [2.45, 2.75) is 31.1 Å². The molecule has 2 aromatic rings. The average Bonchev–Trinajstić information content (AvgIpc) is 3.07. The third-order valence-corrected chi connectivity index (χ3v) is 4.08. The van der Waals surface area contributed by atoms with E-state index in [1.165, 1.54) is 11.8 Å². The van der Waals surface area contributed by atoms with Crippen molar-refractivity contribution < 1.29 is 14.3 Å². The number of aromatic nitrogens is 2. The average molecular weight is 321 g/mol. The number of nitrogens with zero attached hydrogens (tertiary/aromatic N) is 3. The van der Waals surface area contributed by atoms with Crippen LogP contribution in [-0.4, -0.2) is 44.3 Å². The van der Waals surface area contributed by atoms with E-state index in [4.69, 9.17) is 4.42 Å². The minimum absolute atomic E-state index is 0.0740. The molecular formula is C15H19N3O3S. The fourth-order valence-electron chi connectivity index (χ4n) is 2.01. The zero-order valence-corrected chi connectivity index (χ0v) is 13.2. The highest BCUT2D eigenvalue weighted by Crippen LogP contribution is 2.17. The van der Waals surface area contributed by atoms with Crippen LogP contribution in [0.1, 0.15) is 19.1 Å². The highest BCUT2D eigenvalue weighted by atomic mass is 32.2. The summed E-state index contributed by atoms with van der Waals surface area (Å²) in [5.74, 6) is 0.845. The molecule has 0 aliphatic rings. The van der Waals surface area contributed by atoms with E-state index in [0.29, 0.717) is 23.9 Å². The van der Waals surface area contributed by atoms with E-state index < -0.39 is 0 Å². The molecule has 22 heavy (non-hydrogen) atoms. The number of hydrogen-bond donors (Lipinski definition) is 1. The molecule has 0 radical (unpaired) electrons. The zero-order chi connectivity index (χ0) is 15.8. The predicted molar refractivity (Wildman–Crippen MR) is 83.2 cm³/mol. The molecular weight excluding hydrogens is 302 g/mol. The van der Waals surface area contributed by atoms with Crippen molar-refractivity contribution >= 4 is 17.7 Å². The first-order chi connectivity index (χ1) is 10.7. The molecule has 6 nitrogen and oxygen atoms in total. The Morgan fingerprint density at radius 1 is 1.41 bits per heavy atom. The van der Waals surface area contributed by atoms with Crippen LogP contribution in [0.2, 0.25) is 0 Å². The van der Waals surface area contributed by atoms with Crippen molar-refractivity contribution in [1.82, 2.24) is 14.9 Å². The second-order valence-electron chi connectivity index (χ2n) is 4.67. The maximum atomic E-state index is 12.5. The van der Waals surface area contributed by atoms with Crippen molar-refractivity contribution in [3.05, 3.63) is 42.6 Å². The molecule has 2 heterocycles. The SMILES string of the molecule is CCC(CO)N(Cc1ccco1)C(=O)CSc1ncccn1. The Balaban J connectivity index is 2.01. The number of carbonyl (C=O) groups is 1. The summed E-state index contributed by atoms with van der Waals surface area (Å²) in [4.78, 5) is 22.3. The molecule has 118 valence electrons. The summed E-state index contributed by atoms with van der Waals surface area (Å²) in [5.41, 5.74) is 0. The largest absolute Gasteiger partial charge is 0.467 e. The molecule has 0 aromatic carbocycles.